The Labute approximate surface area is 121 Å². The molecule has 0 aromatic heterocycles. The normalized spacial score (nSPS) is 25.8. The lowest BCUT2D eigenvalue weighted by atomic mass is 9.92. The highest BCUT2D eigenvalue weighted by Crippen LogP contribution is 2.29. The van der Waals surface area contributed by atoms with Crippen molar-refractivity contribution in [3.63, 3.8) is 0 Å². The third kappa shape index (κ3) is 3.40. The standard InChI is InChI=1S/C15H24N2O2S/c1-2-17(11-14-7-4-3-5-8-14)15(12-16)9-6-10-20(18,19)13-15/h3-5,7-8H,2,6,9-13,16H2,1H3. The summed E-state index contributed by atoms with van der Waals surface area (Å²) in [6.07, 6.45) is 1.58. The van der Waals surface area contributed by atoms with Crippen LogP contribution in [0.4, 0.5) is 0 Å². The smallest absolute Gasteiger partial charge is 0.152 e. The van der Waals surface area contributed by atoms with E-state index in [1.54, 1.807) is 0 Å². The molecule has 1 aliphatic rings. The van der Waals surface area contributed by atoms with Crippen LogP contribution in [0.15, 0.2) is 30.3 Å². The minimum Gasteiger partial charge on any atom is -0.329 e. The first-order valence-electron chi connectivity index (χ1n) is 7.21. The third-order valence-corrected chi connectivity index (χ3v) is 6.12. The van der Waals surface area contributed by atoms with Crippen molar-refractivity contribution in [2.24, 2.45) is 5.73 Å². The average molecular weight is 296 g/mol. The van der Waals surface area contributed by atoms with E-state index in [1.165, 1.54) is 5.56 Å². The number of nitrogens with zero attached hydrogens (tertiary/aromatic N) is 1. The number of benzene rings is 1. The second-order valence-corrected chi connectivity index (χ2v) is 7.81. The molecule has 1 unspecified atom stereocenters. The van der Waals surface area contributed by atoms with Crippen LogP contribution < -0.4 is 5.73 Å². The van der Waals surface area contributed by atoms with Crippen molar-refractivity contribution in [1.29, 1.82) is 0 Å². The van der Waals surface area contributed by atoms with Gasteiger partial charge in [0.05, 0.1) is 11.5 Å². The number of hydrogen-bond acceptors (Lipinski definition) is 4. The lowest BCUT2D eigenvalue weighted by Gasteiger charge is -2.45. The van der Waals surface area contributed by atoms with Gasteiger partial charge in [0.1, 0.15) is 0 Å². The summed E-state index contributed by atoms with van der Waals surface area (Å²) in [6.45, 7) is 4.03. The van der Waals surface area contributed by atoms with Crippen LogP contribution in [0.5, 0.6) is 0 Å². The highest BCUT2D eigenvalue weighted by atomic mass is 32.2. The lowest BCUT2D eigenvalue weighted by Crippen LogP contribution is -2.59. The molecule has 1 aliphatic heterocycles. The van der Waals surface area contributed by atoms with Gasteiger partial charge in [-0.25, -0.2) is 8.42 Å². The molecule has 1 heterocycles. The molecule has 0 saturated carbocycles. The summed E-state index contributed by atoms with van der Waals surface area (Å²) in [7, 11) is -2.97. The molecule has 0 spiro atoms. The molecule has 0 radical (unpaired) electrons. The minimum atomic E-state index is -2.97. The molecule has 1 atom stereocenters. The minimum absolute atomic E-state index is 0.192. The molecule has 112 valence electrons. The molecule has 1 aromatic carbocycles. The van der Waals surface area contributed by atoms with E-state index in [9.17, 15) is 8.42 Å². The van der Waals surface area contributed by atoms with Crippen LogP contribution in [0.1, 0.15) is 25.3 Å². The Balaban J connectivity index is 2.23. The van der Waals surface area contributed by atoms with Gasteiger partial charge < -0.3 is 5.73 Å². The average Bonchev–Trinajstić information content (AvgIpc) is 2.44. The molecule has 0 amide bonds. The van der Waals surface area contributed by atoms with Crippen molar-refractivity contribution in [3.05, 3.63) is 35.9 Å². The van der Waals surface area contributed by atoms with Crippen LogP contribution >= 0.6 is 0 Å². The number of sulfone groups is 1. The Kier molecular flexibility index (Phi) is 4.83. The first-order chi connectivity index (χ1) is 9.51. The van der Waals surface area contributed by atoms with E-state index >= 15 is 0 Å². The maximum Gasteiger partial charge on any atom is 0.152 e. The van der Waals surface area contributed by atoms with E-state index < -0.39 is 15.4 Å². The summed E-state index contributed by atoms with van der Waals surface area (Å²) < 4.78 is 24.0. The van der Waals surface area contributed by atoms with Crippen LogP contribution in [0.2, 0.25) is 0 Å². The molecule has 0 bridgehead atoms. The first-order valence-corrected chi connectivity index (χ1v) is 9.03. The number of likely N-dealkylation sites (N-methyl/N-ethyl adjacent to an activating group) is 1. The van der Waals surface area contributed by atoms with Gasteiger partial charge in [-0.2, -0.15) is 0 Å². The number of nitrogens with two attached hydrogens (primary N) is 1. The van der Waals surface area contributed by atoms with Crippen LogP contribution in [-0.4, -0.2) is 43.5 Å². The lowest BCUT2D eigenvalue weighted by molar-refractivity contribution is 0.0978. The van der Waals surface area contributed by atoms with Crippen LogP contribution in [0.3, 0.4) is 0 Å². The van der Waals surface area contributed by atoms with E-state index in [0.29, 0.717) is 18.7 Å². The predicted molar refractivity (Wildman–Crippen MR) is 82.2 cm³/mol. The second kappa shape index (κ2) is 6.24. The first kappa shape index (κ1) is 15.5. The monoisotopic (exact) mass is 296 g/mol. The van der Waals surface area contributed by atoms with Gasteiger partial charge in [-0.15, -0.1) is 0 Å². The summed E-state index contributed by atoms with van der Waals surface area (Å²) in [5, 5.41) is 0. The second-order valence-electron chi connectivity index (χ2n) is 5.62. The van der Waals surface area contributed by atoms with Crippen LogP contribution in [-0.2, 0) is 16.4 Å². The van der Waals surface area contributed by atoms with Crippen molar-refractivity contribution in [1.82, 2.24) is 4.90 Å². The zero-order valence-electron chi connectivity index (χ0n) is 12.1. The molecule has 2 N–H and O–H groups in total. The van der Waals surface area contributed by atoms with Gasteiger partial charge in [-0.3, -0.25) is 4.90 Å². The Bertz CT molecular complexity index is 530. The molecule has 20 heavy (non-hydrogen) atoms. The molecular weight excluding hydrogens is 272 g/mol. The Morgan fingerprint density at radius 2 is 2.00 bits per heavy atom. The van der Waals surface area contributed by atoms with E-state index in [-0.39, 0.29) is 5.75 Å². The van der Waals surface area contributed by atoms with E-state index in [1.807, 2.05) is 18.2 Å². The van der Waals surface area contributed by atoms with Gasteiger partial charge in [0.25, 0.3) is 0 Å². The zero-order chi connectivity index (χ0) is 14.6. The number of hydrogen-bond donors (Lipinski definition) is 1. The van der Waals surface area contributed by atoms with Crippen LogP contribution in [0, 0.1) is 0 Å². The van der Waals surface area contributed by atoms with Crippen molar-refractivity contribution in [2.75, 3.05) is 24.6 Å². The topological polar surface area (TPSA) is 63.4 Å². The highest BCUT2D eigenvalue weighted by molar-refractivity contribution is 7.91. The van der Waals surface area contributed by atoms with Crippen molar-refractivity contribution in [3.8, 4) is 0 Å². The quantitative estimate of drug-likeness (QED) is 0.892. The molecule has 1 saturated heterocycles. The van der Waals surface area contributed by atoms with E-state index in [0.717, 1.165) is 19.5 Å². The van der Waals surface area contributed by atoms with Crippen LogP contribution in [0.25, 0.3) is 0 Å². The van der Waals surface area contributed by atoms with Gasteiger partial charge in [0, 0.05) is 18.6 Å². The van der Waals surface area contributed by atoms with E-state index in [2.05, 4.69) is 24.0 Å². The SMILES string of the molecule is CCN(Cc1ccccc1)C1(CN)CCCS(=O)(=O)C1. The molecule has 5 heteroatoms. The van der Waals surface area contributed by atoms with E-state index in [4.69, 9.17) is 5.73 Å². The van der Waals surface area contributed by atoms with Gasteiger partial charge >= 0.3 is 0 Å². The van der Waals surface area contributed by atoms with Crippen molar-refractivity contribution < 1.29 is 8.42 Å². The maximum atomic E-state index is 12.0. The van der Waals surface area contributed by atoms with Gasteiger partial charge in [0.15, 0.2) is 9.84 Å². The van der Waals surface area contributed by atoms with Gasteiger partial charge in [-0.05, 0) is 24.9 Å². The molecule has 0 aliphatic carbocycles. The van der Waals surface area contributed by atoms with Gasteiger partial charge in [-0.1, -0.05) is 37.3 Å². The predicted octanol–water partition coefficient (Wildman–Crippen LogP) is 1.41. The maximum absolute atomic E-state index is 12.0. The molecule has 1 aromatic rings. The summed E-state index contributed by atoms with van der Waals surface area (Å²) >= 11 is 0. The molecule has 4 nitrogen and oxygen atoms in total. The fourth-order valence-corrected chi connectivity index (χ4v) is 5.13. The Hall–Kier alpha value is -0.910. The largest absolute Gasteiger partial charge is 0.329 e. The summed E-state index contributed by atoms with van der Waals surface area (Å²) in [5.41, 5.74) is 6.78. The Morgan fingerprint density at radius 3 is 2.55 bits per heavy atom. The summed E-state index contributed by atoms with van der Waals surface area (Å²) in [5.74, 6) is 0.495. The molecule has 2 rings (SSSR count). The fraction of sp³-hybridized carbons (Fsp3) is 0.600. The Morgan fingerprint density at radius 1 is 1.30 bits per heavy atom. The third-order valence-electron chi connectivity index (χ3n) is 4.23. The van der Waals surface area contributed by atoms with Crippen molar-refractivity contribution >= 4 is 9.84 Å². The molecular formula is C15H24N2O2S. The number of rotatable bonds is 5. The fourth-order valence-electron chi connectivity index (χ4n) is 3.13. The molecule has 1 fully saturated rings. The summed E-state index contributed by atoms with van der Waals surface area (Å²) in [6, 6.07) is 10.2. The van der Waals surface area contributed by atoms with Gasteiger partial charge in [0.2, 0.25) is 0 Å². The highest BCUT2D eigenvalue weighted by Gasteiger charge is 2.41. The van der Waals surface area contributed by atoms with Crippen molar-refractivity contribution in [2.45, 2.75) is 31.8 Å². The zero-order valence-corrected chi connectivity index (χ0v) is 12.9. The summed E-state index contributed by atoms with van der Waals surface area (Å²) in [4.78, 5) is 2.24.